The van der Waals surface area contributed by atoms with E-state index in [1.165, 1.54) is 12.8 Å². The van der Waals surface area contributed by atoms with Gasteiger partial charge in [0, 0.05) is 35.5 Å². The van der Waals surface area contributed by atoms with Crippen molar-refractivity contribution in [3.63, 3.8) is 0 Å². The van der Waals surface area contributed by atoms with Gasteiger partial charge >= 0.3 is 17.1 Å². The molecule has 1 unspecified atom stereocenters. The monoisotopic (exact) mass is 412 g/mol. The van der Waals surface area contributed by atoms with E-state index in [0.29, 0.717) is 0 Å². The van der Waals surface area contributed by atoms with Crippen LogP contribution < -0.4 is 0 Å². The van der Waals surface area contributed by atoms with Gasteiger partial charge in [-0.25, -0.2) is 0 Å². The van der Waals surface area contributed by atoms with Crippen molar-refractivity contribution < 1.29 is 22.4 Å². The average molecular weight is 413 g/mol. The quantitative estimate of drug-likeness (QED) is 0.428. The average Bonchev–Trinajstić information content (AvgIpc) is 2.67. The molecule has 1 atom stereocenters. The summed E-state index contributed by atoms with van der Waals surface area (Å²) in [5.41, 5.74) is 0. The maximum atomic E-state index is 5.83. The van der Waals surface area contributed by atoms with E-state index in [-0.39, 0.29) is 5.22 Å². The third kappa shape index (κ3) is 6.91. The lowest BCUT2D eigenvalue weighted by atomic mass is 10.1. The van der Waals surface area contributed by atoms with Crippen molar-refractivity contribution in [2.75, 3.05) is 41.3 Å². The van der Waals surface area contributed by atoms with E-state index in [1.54, 1.807) is 35.5 Å². The number of hydrogen-bond acceptors (Lipinski definition) is 6. The first kappa shape index (κ1) is 25.6. The van der Waals surface area contributed by atoms with Crippen LogP contribution in [0.15, 0.2) is 0 Å². The third-order valence-corrected chi connectivity index (χ3v) is 13.1. The zero-order chi connectivity index (χ0) is 19.4. The Morgan fingerprint density at radius 1 is 1.04 bits per heavy atom. The van der Waals surface area contributed by atoms with Crippen LogP contribution in [0.25, 0.3) is 0 Å². The predicted octanol–water partition coefficient (Wildman–Crippen LogP) is 4.30. The highest BCUT2D eigenvalue weighted by molar-refractivity contribution is 7.80. The van der Waals surface area contributed by atoms with Crippen LogP contribution in [0.1, 0.15) is 45.4 Å². The fraction of sp³-hybridized carbons (Fsp3) is 1.00. The fourth-order valence-corrected chi connectivity index (χ4v) is 9.45. The van der Waals surface area contributed by atoms with Crippen LogP contribution >= 0.6 is 12.6 Å². The molecule has 152 valence electrons. The van der Waals surface area contributed by atoms with E-state index >= 15 is 0 Å². The number of hydrogen-bond donors (Lipinski definition) is 1. The topological polar surface area (TPSA) is 46.2 Å². The summed E-state index contributed by atoms with van der Waals surface area (Å²) in [4.78, 5) is 0. The zero-order valence-corrected chi connectivity index (χ0v) is 20.2. The second-order valence-electron chi connectivity index (χ2n) is 6.69. The van der Waals surface area contributed by atoms with Crippen LogP contribution in [0.2, 0.25) is 18.6 Å². The molecule has 1 saturated heterocycles. The van der Waals surface area contributed by atoms with Gasteiger partial charge in [0.05, 0.1) is 0 Å². The molecule has 0 amide bonds. The second-order valence-corrected chi connectivity index (χ2v) is 14.5. The van der Waals surface area contributed by atoms with E-state index in [1.807, 2.05) is 0 Å². The molecule has 1 heterocycles. The van der Waals surface area contributed by atoms with Gasteiger partial charge in [0.25, 0.3) is 0 Å². The molecule has 0 aliphatic carbocycles. The van der Waals surface area contributed by atoms with Gasteiger partial charge in [-0.2, -0.15) is 12.6 Å². The Balaban J connectivity index is 0.000000504. The maximum absolute atomic E-state index is 5.83. The molecule has 0 radical (unpaired) electrons. The Morgan fingerprint density at radius 3 is 2.04 bits per heavy atom. The van der Waals surface area contributed by atoms with Crippen molar-refractivity contribution >= 4 is 29.8 Å². The summed E-state index contributed by atoms with van der Waals surface area (Å²) in [6, 6.07) is 2.09. The first-order chi connectivity index (χ1) is 11.9. The normalized spacial score (nSPS) is 23.0. The Labute approximate surface area is 163 Å². The Morgan fingerprint density at radius 2 is 1.64 bits per heavy atom. The minimum Gasteiger partial charge on any atom is -0.398 e. The van der Waals surface area contributed by atoms with Crippen LogP contribution in [0.3, 0.4) is 0 Å². The van der Waals surface area contributed by atoms with Crippen LogP contribution in [-0.2, 0) is 22.4 Å². The molecule has 25 heavy (non-hydrogen) atoms. The summed E-state index contributed by atoms with van der Waals surface area (Å²) in [6.45, 7) is 4.26. The Bertz CT molecular complexity index is 337. The molecule has 5 nitrogen and oxygen atoms in total. The van der Waals surface area contributed by atoms with Gasteiger partial charge in [0.1, 0.15) is 5.22 Å². The van der Waals surface area contributed by atoms with Crippen molar-refractivity contribution in [2.45, 2.75) is 69.3 Å². The molecule has 1 aliphatic heterocycles. The highest BCUT2D eigenvalue weighted by Crippen LogP contribution is 2.42. The smallest absolute Gasteiger partial charge is 0.370 e. The summed E-state index contributed by atoms with van der Waals surface area (Å²) in [5, 5.41) is -0.122. The van der Waals surface area contributed by atoms with Crippen LogP contribution in [0.5, 0.6) is 0 Å². The first-order valence-corrected chi connectivity index (χ1v) is 14.4. The minimum absolute atomic E-state index is 0.122. The first-order valence-electron chi connectivity index (χ1n) is 9.25. The zero-order valence-electron chi connectivity index (χ0n) is 17.4. The fourth-order valence-electron chi connectivity index (χ4n) is 3.61. The lowest BCUT2D eigenvalue weighted by Crippen LogP contribution is -2.64. The van der Waals surface area contributed by atoms with Crippen molar-refractivity contribution in [1.29, 1.82) is 0 Å². The van der Waals surface area contributed by atoms with Gasteiger partial charge in [-0.15, -0.1) is 0 Å². The highest BCUT2D eigenvalue weighted by atomic mass is 32.1. The van der Waals surface area contributed by atoms with Crippen molar-refractivity contribution in [2.24, 2.45) is 0 Å². The van der Waals surface area contributed by atoms with E-state index in [9.17, 15) is 0 Å². The largest absolute Gasteiger partial charge is 0.398 e. The predicted molar refractivity (Wildman–Crippen MR) is 112 cm³/mol. The van der Waals surface area contributed by atoms with Crippen molar-refractivity contribution in [3.05, 3.63) is 0 Å². The lowest BCUT2D eigenvalue weighted by Gasteiger charge is -2.47. The number of ether oxygens (including phenoxy) is 1. The molecule has 1 rings (SSSR count). The van der Waals surface area contributed by atoms with Crippen LogP contribution in [-0.4, -0.2) is 63.6 Å². The number of methoxy groups -OCH3 is 1. The summed E-state index contributed by atoms with van der Waals surface area (Å²) in [7, 11) is 4.88. The van der Waals surface area contributed by atoms with Gasteiger partial charge in [-0.1, -0.05) is 26.2 Å². The minimum atomic E-state index is -2.15. The molecular formula is C17H40O5SSi2. The highest BCUT2D eigenvalue weighted by Gasteiger charge is 2.58. The van der Waals surface area contributed by atoms with Crippen LogP contribution in [0, 0.1) is 0 Å². The molecule has 0 spiro atoms. The second kappa shape index (κ2) is 12.9. The van der Waals surface area contributed by atoms with E-state index in [0.717, 1.165) is 43.5 Å². The maximum Gasteiger partial charge on any atom is 0.370 e. The third-order valence-electron chi connectivity index (χ3n) is 5.39. The van der Waals surface area contributed by atoms with Crippen molar-refractivity contribution in [1.82, 2.24) is 0 Å². The van der Waals surface area contributed by atoms with Crippen LogP contribution in [0.4, 0.5) is 0 Å². The van der Waals surface area contributed by atoms with Gasteiger partial charge < -0.3 is 22.4 Å². The van der Waals surface area contributed by atoms with Gasteiger partial charge in [0.2, 0.25) is 0 Å². The van der Waals surface area contributed by atoms with Crippen molar-refractivity contribution in [3.8, 4) is 0 Å². The Kier molecular flexibility index (Phi) is 13.2. The van der Waals surface area contributed by atoms with Gasteiger partial charge in [-0.3, -0.25) is 0 Å². The Hall–Kier alpha value is 0.584. The van der Waals surface area contributed by atoms with E-state index in [2.05, 4.69) is 26.1 Å². The molecule has 1 fully saturated rings. The molecule has 0 aromatic carbocycles. The molecule has 0 aromatic heterocycles. The summed E-state index contributed by atoms with van der Waals surface area (Å²) in [5.74, 6) is 0.912. The summed E-state index contributed by atoms with van der Waals surface area (Å²) in [6.07, 6.45) is 6.78. The number of thiol groups is 1. The molecule has 1 aliphatic rings. The van der Waals surface area contributed by atoms with Gasteiger partial charge in [0.15, 0.2) is 0 Å². The molecule has 0 bridgehead atoms. The van der Waals surface area contributed by atoms with E-state index < -0.39 is 17.1 Å². The summed E-state index contributed by atoms with van der Waals surface area (Å²) >= 11 is 4.12. The SMILES string of the molecule is CCCC1(OC)CCCC[Si]1(OC)OC.CO[Si](C)(CCCS)OC. The number of rotatable bonds is 10. The lowest BCUT2D eigenvalue weighted by molar-refractivity contribution is -0.0149. The standard InChI is InChI=1S/C11H24O3Si.C6H16O2SSi/c1-5-8-11(12-2)9-6-7-10-15(11,13-3)14-4;1-7-10(3,8-2)6-4-5-9/h5-10H2,1-4H3;9H,4-6H2,1-3H3. The van der Waals surface area contributed by atoms with E-state index in [4.69, 9.17) is 22.4 Å². The summed E-state index contributed by atoms with van der Waals surface area (Å²) < 4.78 is 27.9. The molecule has 0 N–H and O–H groups in total. The van der Waals surface area contributed by atoms with Gasteiger partial charge in [-0.05, 0) is 43.7 Å². The molecular weight excluding hydrogens is 372 g/mol. The molecule has 8 heteroatoms. The molecule has 0 saturated carbocycles. The molecule has 0 aromatic rings.